The molecule has 334 valence electrons. The third-order valence-electron chi connectivity index (χ3n) is 10.9. The number of H-pyrrole nitrogens is 1. The molecule has 9 N–H and O–H groups in total. The van der Waals surface area contributed by atoms with Crippen molar-refractivity contribution in [3.63, 3.8) is 0 Å². The predicted octanol–water partition coefficient (Wildman–Crippen LogP) is 3.57. The second-order valence-electron chi connectivity index (χ2n) is 17.1. The summed E-state index contributed by atoms with van der Waals surface area (Å²) in [4.78, 5) is 100. The average molecular weight is 861 g/mol. The van der Waals surface area contributed by atoms with Crippen molar-refractivity contribution in [3.8, 4) is 5.75 Å². The van der Waals surface area contributed by atoms with Crippen LogP contribution in [0.2, 0.25) is 5.02 Å². The number of aromatic nitrogens is 1. The van der Waals surface area contributed by atoms with Crippen molar-refractivity contribution in [2.45, 2.75) is 137 Å². The first kappa shape index (κ1) is 49.3. The lowest BCUT2D eigenvalue weighted by Gasteiger charge is -2.34. The van der Waals surface area contributed by atoms with E-state index >= 15 is 0 Å². The fourth-order valence-corrected chi connectivity index (χ4v) is 7.35. The van der Waals surface area contributed by atoms with Crippen LogP contribution in [0.15, 0.2) is 18.3 Å². The van der Waals surface area contributed by atoms with E-state index in [4.69, 9.17) is 11.6 Å². The number of carbonyl (C=O) groups is 7. The van der Waals surface area contributed by atoms with Gasteiger partial charge in [-0.2, -0.15) is 0 Å². The Labute approximate surface area is 357 Å². The molecule has 3 rings (SSSR count). The smallest absolute Gasteiger partial charge is 0.326 e. The number of benzene rings is 1. The van der Waals surface area contributed by atoms with Crippen molar-refractivity contribution in [2.75, 3.05) is 13.6 Å². The molecule has 1 fully saturated rings. The van der Waals surface area contributed by atoms with Gasteiger partial charge in [-0.25, -0.2) is 9.59 Å². The molecule has 7 unspecified atom stereocenters. The Morgan fingerprint density at radius 3 is 2.13 bits per heavy atom. The SMILES string of the molecule is CCC(C)C(NC(=O)NC1CCCCNC(=O)C(Cc2c[nH]c3cc(Cl)c(O)cc23)NC(=O)C(CC(C)C)N(C)C(=O)C(CC(C)C)NC(=O)C(C(C)C)NC1=O)C(=O)O. The van der Waals surface area contributed by atoms with Gasteiger partial charge in [0, 0.05) is 37.1 Å². The molecule has 18 heteroatoms. The average Bonchev–Trinajstić information content (AvgIpc) is 3.55. The van der Waals surface area contributed by atoms with E-state index in [0.29, 0.717) is 35.7 Å². The number of rotatable bonds is 12. The second-order valence-corrected chi connectivity index (χ2v) is 17.5. The number of aromatic hydroxyl groups is 1. The number of nitrogens with one attached hydrogen (secondary N) is 7. The van der Waals surface area contributed by atoms with Gasteiger partial charge >= 0.3 is 12.0 Å². The lowest BCUT2D eigenvalue weighted by atomic mass is 9.97. The Bertz CT molecular complexity index is 1850. The molecule has 1 saturated heterocycles. The van der Waals surface area contributed by atoms with E-state index in [0.717, 1.165) is 0 Å². The molecule has 0 radical (unpaired) electrons. The maximum Gasteiger partial charge on any atom is 0.326 e. The van der Waals surface area contributed by atoms with Gasteiger partial charge < -0.3 is 52.0 Å². The minimum absolute atomic E-state index is 0.00257. The summed E-state index contributed by atoms with van der Waals surface area (Å²) < 4.78 is 0. The molecule has 0 bridgehead atoms. The van der Waals surface area contributed by atoms with Gasteiger partial charge in [-0.15, -0.1) is 0 Å². The minimum Gasteiger partial charge on any atom is -0.506 e. The number of halogens is 1. The van der Waals surface area contributed by atoms with Gasteiger partial charge in [0.05, 0.1) is 5.02 Å². The number of urea groups is 1. The molecule has 1 aliphatic rings. The summed E-state index contributed by atoms with van der Waals surface area (Å²) in [6, 6.07) is -4.69. The highest BCUT2D eigenvalue weighted by molar-refractivity contribution is 6.32. The molecular formula is C42H65ClN8O9. The van der Waals surface area contributed by atoms with E-state index in [9.17, 15) is 43.8 Å². The van der Waals surface area contributed by atoms with Gasteiger partial charge in [0.2, 0.25) is 29.5 Å². The highest BCUT2D eigenvalue weighted by Gasteiger charge is 2.37. The number of phenolic OH excluding ortho intramolecular Hbond substituents is 1. The van der Waals surface area contributed by atoms with E-state index in [1.54, 1.807) is 40.0 Å². The third-order valence-corrected chi connectivity index (χ3v) is 11.2. The van der Waals surface area contributed by atoms with Gasteiger partial charge in [-0.3, -0.25) is 24.0 Å². The van der Waals surface area contributed by atoms with Gasteiger partial charge in [0.25, 0.3) is 0 Å². The van der Waals surface area contributed by atoms with E-state index in [-0.39, 0.29) is 54.8 Å². The molecule has 1 aliphatic heterocycles. The Kier molecular flexibility index (Phi) is 18.5. The topological polar surface area (TPSA) is 251 Å². The van der Waals surface area contributed by atoms with Crippen LogP contribution in [0.5, 0.6) is 5.75 Å². The van der Waals surface area contributed by atoms with Gasteiger partial charge in [-0.05, 0) is 73.5 Å². The predicted molar refractivity (Wildman–Crippen MR) is 228 cm³/mol. The number of fused-ring (bicyclic) bond motifs is 1. The normalized spacial score (nSPS) is 22.9. The standard InChI is InChI=1S/C42H65ClN8O9/c1-10-24(8)35(41(58)59)50-42(60)48-28-13-11-12-14-44-36(53)30(17-25-20-45-29-19-27(43)33(52)18-26(25)29)46-38(55)32(16-22(4)5)51(9)40(57)31(15-21(2)3)47-39(56)34(23(6)7)49-37(28)54/h18-24,28,30-32,34-35,45,52H,10-17H2,1-9H3,(H,44,53)(H,46,55)(H,47,56)(H,49,54)(H,58,59)(H2,48,50,60). The van der Waals surface area contributed by atoms with Crippen molar-refractivity contribution >= 4 is 64.0 Å². The van der Waals surface area contributed by atoms with Crippen LogP contribution in [0, 0.1) is 23.7 Å². The van der Waals surface area contributed by atoms with Crippen LogP contribution in [0.3, 0.4) is 0 Å². The van der Waals surface area contributed by atoms with E-state index < -0.39 is 89.6 Å². The minimum atomic E-state index is -1.23. The molecule has 60 heavy (non-hydrogen) atoms. The molecule has 0 aliphatic carbocycles. The number of amides is 7. The number of carbonyl (C=O) groups excluding carboxylic acids is 6. The second kappa shape index (κ2) is 22.5. The zero-order chi connectivity index (χ0) is 45.0. The van der Waals surface area contributed by atoms with Crippen LogP contribution < -0.4 is 31.9 Å². The molecule has 0 saturated carbocycles. The number of carboxylic acids is 1. The number of hydrogen-bond donors (Lipinski definition) is 9. The molecule has 1 aromatic heterocycles. The number of aromatic amines is 1. The van der Waals surface area contributed by atoms with Crippen LogP contribution in [0.4, 0.5) is 4.79 Å². The van der Waals surface area contributed by atoms with Crippen molar-refractivity contribution < 1.29 is 43.8 Å². The van der Waals surface area contributed by atoms with E-state index in [1.807, 2.05) is 27.7 Å². The zero-order valence-electron chi connectivity index (χ0n) is 36.2. The maximum absolute atomic E-state index is 14.4. The first-order valence-corrected chi connectivity index (χ1v) is 21.3. The molecule has 1 aromatic carbocycles. The first-order valence-electron chi connectivity index (χ1n) is 20.9. The monoisotopic (exact) mass is 860 g/mol. The number of phenols is 1. The van der Waals surface area contributed by atoms with E-state index in [2.05, 4.69) is 36.9 Å². The highest BCUT2D eigenvalue weighted by atomic mass is 35.5. The number of likely N-dealkylation sites (N-methyl/N-ethyl adjacent to an activating group) is 1. The third kappa shape index (κ3) is 13.7. The molecular weight excluding hydrogens is 796 g/mol. The zero-order valence-corrected chi connectivity index (χ0v) is 37.0. The fraction of sp³-hybridized carbons (Fsp3) is 0.643. The van der Waals surface area contributed by atoms with Crippen LogP contribution in [-0.2, 0) is 35.2 Å². The Morgan fingerprint density at radius 2 is 1.53 bits per heavy atom. The maximum atomic E-state index is 14.4. The molecule has 17 nitrogen and oxygen atoms in total. The first-order chi connectivity index (χ1) is 28.1. The van der Waals surface area contributed by atoms with Gasteiger partial charge in [0.1, 0.15) is 42.0 Å². The van der Waals surface area contributed by atoms with Gasteiger partial charge in [-0.1, -0.05) is 73.4 Å². The summed E-state index contributed by atoms with van der Waals surface area (Å²) >= 11 is 6.13. The van der Waals surface area contributed by atoms with Crippen molar-refractivity contribution in [1.82, 2.24) is 41.8 Å². The summed E-state index contributed by atoms with van der Waals surface area (Å²) in [6.07, 6.45) is 3.27. The number of hydrogen-bond acceptors (Lipinski definition) is 8. The number of aliphatic carboxylic acids is 1. The summed E-state index contributed by atoms with van der Waals surface area (Å²) in [5, 5.41) is 37.2. The molecule has 7 amide bonds. The van der Waals surface area contributed by atoms with Crippen molar-refractivity contribution in [3.05, 3.63) is 28.9 Å². The summed E-state index contributed by atoms with van der Waals surface area (Å²) in [6.45, 7) is 14.6. The molecule has 2 aromatic rings. The van der Waals surface area contributed by atoms with Crippen LogP contribution in [0.1, 0.15) is 99.5 Å². The van der Waals surface area contributed by atoms with Gasteiger partial charge in [0.15, 0.2) is 0 Å². The molecule has 0 spiro atoms. The quantitative estimate of drug-likeness (QED) is 0.151. The molecule has 2 heterocycles. The summed E-state index contributed by atoms with van der Waals surface area (Å²) in [7, 11) is 1.48. The lowest BCUT2D eigenvalue weighted by molar-refractivity contribution is -0.143. The summed E-state index contributed by atoms with van der Waals surface area (Å²) in [5.41, 5.74) is 1.22. The Morgan fingerprint density at radius 1 is 0.883 bits per heavy atom. The molecule has 7 atom stereocenters. The van der Waals surface area contributed by atoms with Crippen molar-refractivity contribution in [2.24, 2.45) is 23.7 Å². The van der Waals surface area contributed by atoms with Crippen LogP contribution >= 0.6 is 11.6 Å². The Hall–Kier alpha value is -5.06. The van der Waals surface area contributed by atoms with Crippen LogP contribution in [-0.4, -0.2) is 111 Å². The number of nitrogens with zero attached hydrogens (tertiary/aromatic N) is 1. The Balaban J connectivity index is 2.06. The lowest BCUT2D eigenvalue weighted by Crippen LogP contribution is -2.61. The van der Waals surface area contributed by atoms with E-state index in [1.165, 1.54) is 18.0 Å². The fourth-order valence-electron chi connectivity index (χ4n) is 7.19. The summed E-state index contributed by atoms with van der Waals surface area (Å²) in [5.74, 6) is -5.36. The van der Waals surface area contributed by atoms with Crippen LogP contribution in [0.25, 0.3) is 10.9 Å². The largest absolute Gasteiger partial charge is 0.506 e. The van der Waals surface area contributed by atoms with Crippen molar-refractivity contribution in [1.29, 1.82) is 0 Å². The highest BCUT2D eigenvalue weighted by Crippen LogP contribution is 2.31. The number of carboxylic acid groups (broad SMARTS) is 1.